The van der Waals surface area contributed by atoms with Gasteiger partial charge in [-0.1, -0.05) is 18.1 Å². The van der Waals surface area contributed by atoms with E-state index in [0.29, 0.717) is 12.3 Å². The summed E-state index contributed by atoms with van der Waals surface area (Å²) >= 11 is 0. The maximum atomic E-state index is 12.1. The molecule has 1 N–H and O–H groups in total. The Morgan fingerprint density at radius 1 is 1.38 bits per heavy atom. The van der Waals surface area contributed by atoms with Gasteiger partial charge in [-0.15, -0.1) is 0 Å². The molecular weight excluding hydrogens is 304 g/mol. The average Bonchev–Trinajstić information content (AvgIpc) is 3.05. The summed E-state index contributed by atoms with van der Waals surface area (Å²) in [7, 11) is 0. The normalized spacial score (nSPS) is 16.2. The van der Waals surface area contributed by atoms with Crippen molar-refractivity contribution in [2.45, 2.75) is 52.0 Å². The second-order valence-electron chi connectivity index (χ2n) is 6.22. The SMILES string of the molecule is CCCc1noc([C@H](C)Nc2cccc(N3CCCCC3=O)c2)n1. The van der Waals surface area contributed by atoms with Gasteiger partial charge in [-0.3, -0.25) is 4.79 Å². The number of hydrogen-bond donors (Lipinski definition) is 1. The number of carbonyl (C=O) groups is 1. The van der Waals surface area contributed by atoms with Crippen LogP contribution in [-0.4, -0.2) is 22.6 Å². The molecule has 2 heterocycles. The smallest absolute Gasteiger partial charge is 0.248 e. The van der Waals surface area contributed by atoms with Crippen molar-refractivity contribution in [3.05, 3.63) is 36.0 Å². The number of aromatic nitrogens is 2. The number of nitrogens with zero attached hydrogens (tertiary/aromatic N) is 3. The van der Waals surface area contributed by atoms with Crippen LogP contribution < -0.4 is 10.2 Å². The van der Waals surface area contributed by atoms with Gasteiger partial charge in [0.15, 0.2) is 5.82 Å². The van der Waals surface area contributed by atoms with E-state index in [9.17, 15) is 4.79 Å². The van der Waals surface area contributed by atoms with Gasteiger partial charge in [0, 0.05) is 30.8 Å². The summed E-state index contributed by atoms with van der Waals surface area (Å²) in [5.74, 6) is 1.53. The maximum Gasteiger partial charge on any atom is 0.248 e. The first-order chi connectivity index (χ1) is 11.7. The molecule has 0 aliphatic carbocycles. The lowest BCUT2D eigenvalue weighted by Gasteiger charge is -2.27. The second kappa shape index (κ2) is 7.47. The zero-order chi connectivity index (χ0) is 16.9. The van der Waals surface area contributed by atoms with Crippen LogP contribution in [0.15, 0.2) is 28.8 Å². The Labute approximate surface area is 142 Å². The lowest BCUT2D eigenvalue weighted by Crippen LogP contribution is -2.35. The molecule has 1 aliphatic rings. The van der Waals surface area contributed by atoms with Crippen molar-refractivity contribution in [1.82, 2.24) is 10.1 Å². The number of amides is 1. The van der Waals surface area contributed by atoms with Gasteiger partial charge in [-0.2, -0.15) is 4.98 Å². The molecule has 1 atom stereocenters. The largest absolute Gasteiger partial charge is 0.374 e. The van der Waals surface area contributed by atoms with E-state index in [0.717, 1.165) is 49.4 Å². The Morgan fingerprint density at radius 3 is 3.04 bits per heavy atom. The third-order valence-corrected chi connectivity index (χ3v) is 4.19. The maximum absolute atomic E-state index is 12.1. The van der Waals surface area contributed by atoms with Crippen molar-refractivity contribution in [1.29, 1.82) is 0 Å². The van der Waals surface area contributed by atoms with E-state index in [1.807, 2.05) is 36.1 Å². The van der Waals surface area contributed by atoms with Crippen LogP contribution in [0.3, 0.4) is 0 Å². The van der Waals surface area contributed by atoms with Gasteiger partial charge in [-0.25, -0.2) is 0 Å². The Kier molecular flexibility index (Phi) is 5.13. The fourth-order valence-corrected chi connectivity index (χ4v) is 2.92. The summed E-state index contributed by atoms with van der Waals surface area (Å²) in [6.45, 7) is 4.87. The van der Waals surface area contributed by atoms with E-state index >= 15 is 0 Å². The molecule has 0 saturated carbocycles. The molecule has 6 nitrogen and oxygen atoms in total. The van der Waals surface area contributed by atoms with Gasteiger partial charge in [0.05, 0.1) is 0 Å². The zero-order valence-corrected chi connectivity index (χ0v) is 14.3. The standard InChI is InChI=1S/C18H24N4O2/c1-3-7-16-20-18(24-21-16)13(2)19-14-8-6-9-15(12-14)22-11-5-4-10-17(22)23/h6,8-9,12-13,19H,3-5,7,10-11H2,1-2H3/t13-/m0/s1. The Hall–Kier alpha value is -2.37. The monoisotopic (exact) mass is 328 g/mol. The van der Waals surface area contributed by atoms with Crippen LogP contribution in [0.1, 0.15) is 57.3 Å². The van der Waals surface area contributed by atoms with Crippen LogP contribution in [0, 0.1) is 0 Å². The van der Waals surface area contributed by atoms with Gasteiger partial charge < -0.3 is 14.7 Å². The molecule has 1 aliphatic heterocycles. The van der Waals surface area contributed by atoms with Crippen molar-refractivity contribution in [3.63, 3.8) is 0 Å². The minimum absolute atomic E-state index is 0.0876. The predicted molar refractivity (Wildman–Crippen MR) is 93.0 cm³/mol. The van der Waals surface area contributed by atoms with E-state index in [2.05, 4.69) is 22.4 Å². The van der Waals surface area contributed by atoms with Crippen LogP contribution in [0.5, 0.6) is 0 Å². The molecule has 2 aromatic rings. The highest BCUT2D eigenvalue weighted by molar-refractivity contribution is 5.94. The molecule has 128 valence electrons. The fourth-order valence-electron chi connectivity index (χ4n) is 2.92. The summed E-state index contributed by atoms with van der Waals surface area (Å²) in [5.41, 5.74) is 1.88. The molecule has 1 aromatic carbocycles. The highest BCUT2D eigenvalue weighted by atomic mass is 16.5. The molecule has 1 aromatic heterocycles. The summed E-state index contributed by atoms with van der Waals surface area (Å²) in [5, 5.41) is 7.36. The number of rotatable bonds is 6. The third kappa shape index (κ3) is 3.75. The molecule has 1 saturated heterocycles. The first-order valence-corrected chi connectivity index (χ1v) is 8.67. The van der Waals surface area contributed by atoms with Gasteiger partial charge in [-0.05, 0) is 44.4 Å². The Morgan fingerprint density at radius 2 is 2.25 bits per heavy atom. The number of carbonyl (C=O) groups excluding carboxylic acids is 1. The molecule has 1 fully saturated rings. The Balaban J connectivity index is 1.70. The highest BCUT2D eigenvalue weighted by Gasteiger charge is 2.20. The minimum Gasteiger partial charge on any atom is -0.374 e. The van der Waals surface area contributed by atoms with Crippen molar-refractivity contribution >= 4 is 17.3 Å². The van der Waals surface area contributed by atoms with E-state index in [-0.39, 0.29) is 11.9 Å². The quantitative estimate of drug-likeness (QED) is 0.875. The van der Waals surface area contributed by atoms with Crippen LogP contribution in [0.2, 0.25) is 0 Å². The molecule has 0 unspecified atom stereocenters. The summed E-state index contributed by atoms with van der Waals surface area (Å²) in [6.07, 6.45) is 4.50. The van der Waals surface area contributed by atoms with Crippen molar-refractivity contribution in [2.24, 2.45) is 0 Å². The average molecular weight is 328 g/mol. The van der Waals surface area contributed by atoms with Crippen LogP contribution in [0.25, 0.3) is 0 Å². The molecular formula is C18H24N4O2. The fraction of sp³-hybridized carbons (Fsp3) is 0.500. The van der Waals surface area contributed by atoms with Crippen molar-refractivity contribution in [3.8, 4) is 0 Å². The van der Waals surface area contributed by atoms with E-state index < -0.39 is 0 Å². The van der Waals surface area contributed by atoms with Gasteiger partial charge in [0.2, 0.25) is 11.8 Å². The number of benzene rings is 1. The van der Waals surface area contributed by atoms with Crippen LogP contribution >= 0.6 is 0 Å². The van der Waals surface area contributed by atoms with E-state index in [1.54, 1.807) is 0 Å². The lowest BCUT2D eigenvalue weighted by molar-refractivity contribution is -0.119. The van der Waals surface area contributed by atoms with Gasteiger partial charge >= 0.3 is 0 Å². The predicted octanol–water partition coefficient (Wildman–Crippen LogP) is 3.71. The van der Waals surface area contributed by atoms with Gasteiger partial charge in [0.25, 0.3) is 0 Å². The number of hydrogen-bond acceptors (Lipinski definition) is 5. The number of piperidine rings is 1. The third-order valence-electron chi connectivity index (χ3n) is 4.19. The lowest BCUT2D eigenvalue weighted by atomic mass is 10.1. The van der Waals surface area contributed by atoms with Crippen LogP contribution in [-0.2, 0) is 11.2 Å². The molecule has 0 radical (unpaired) electrons. The van der Waals surface area contributed by atoms with Crippen molar-refractivity contribution < 1.29 is 9.32 Å². The number of anilines is 2. The van der Waals surface area contributed by atoms with Gasteiger partial charge in [0.1, 0.15) is 6.04 Å². The number of nitrogens with one attached hydrogen (secondary N) is 1. The molecule has 0 spiro atoms. The summed E-state index contributed by atoms with van der Waals surface area (Å²) < 4.78 is 5.33. The zero-order valence-electron chi connectivity index (χ0n) is 14.3. The first kappa shape index (κ1) is 16.5. The molecule has 0 bridgehead atoms. The summed E-state index contributed by atoms with van der Waals surface area (Å²) in [6, 6.07) is 7.84. The first-order valence-electron chi connectivity index (χ1n) is 8.67. The second-order valence-corrected chi connectivity index (χ2v) is 6.22. The Bertz CT molecular complexity index is 698. The minimum atomic E-state index is -0.0876. The van der Waals surface area contributed by atoms with Crippen LogP contribution in [0.4, 0.5) is 11.4 Å². The highest BCUT2D eigenvalue weighted by Crippen LogP contribution is 2.26. The van der Waals surface area contributed by atoms with E-state index in [4.69, 9.17) is 4.52 Å². The van der Waals surface area contributed by atoms with Crippen molar-refractivity contribution in [2.75, 3.05) is 16.8 Å². The molecule has 6 heteroatoms. The topological polar surface area (TPSA) is 71.3 Å². The number of aryl methyl sites for hydroxylation is 1. The molecule has 3 rings (SSSR count). The summed E-state index contributed by atoms with van der Waals surface area (Å²) in [4.78, 5) is 18.4. The molecule has 24 heavy (non-hydrogen) atoms. The van der Waals surface area contributed by atoms with E-state index in [1.165, 1.54) is 0 Å². The molecule has 1 amide bonds.